The molecule has 0 amide bonds. The van der Waals surface area contributed by atoms with Crippen molar-refractivity contribution in [2.75, 3.05) is 0 Å². The molecule has 2 rings (SSSR count). The Labute approximate surface area is 94.4 Å². The number of rotatable bonds is 2. The summed E-state index contributed by atoms with van der Waals surface area (Å²) in [4.78, 5) is 0. The van der Waals surface area contributed by atoms with E-state index in [-0.39, 0.29) is 5.75 Å². The lowest BCUT2D eigenvalue weighted by Crippen LogP contribution is -1.92. The molecule has 78 valence electrons. The molecule has 0 aliphatic heterocycles. The van der Waals surface area contributed by atoms with Crippen LogP contribution in [0.2, 0.25) is 0 Å². The molecule has 2 aromatic rings. The second-order valence-corrected chi connectivity index (χ2v) is 3.58. The molecular weight excluding hydrogens is 198 g/mol. The normalized spacial score (nSPS) is 9.69. The predicted molar refractivity (Wildman–Crippen MR) is 62.1 cm³/mol. The monoisotopic (exact) mass is 209 g/mol. The number of aromatic hydroxyl groups is 1. The number of nitriles is 1. The molecule has 0 fully saturated rings. The number of phenols is 1. The van der Waals surface area contributed by atoms with E-state index in [1.54, 1.807) is 18.2 Å². The lowest BCUT2D eigenvalue weighted by molar-refractivity contribution is 0.469. The van der Waals surface area contributed by atoms with Crippen molar-refractivity contribution >= 4 is 0 Å². The second kappa shape index (κ2) is 4.50. The average Bonchev–Trinajstić information content (AvgIpc) is 2.33. The topological polar surface area (TPSA) is 44.0 Å². The molecule has 0 heterocycles. The summed E-state index contributed by atoms with van der Waals surface area (Å²) in [6.07, 6.45) is 0.580. The van der Waals surface area contributed by atoms with Crippen molar-refractivity contribution < 1.29 is 5.11 Å². The minimum atomic E-state index is 0.183. The standard InChI is InChI=1S/C14H11NO/c15-10-12-7-4-8-14(16)13(12)9-11-5-2-1-3-6-11/h1-8,16H,9H2. The van der Waals surface area contributed by atoms with Gasteiger partial charge in [-0.1, -0.05) is 36.4 Å². The fourth-order valence-corrected chi connectivity index (χ4v) is 1.67. The van der Waals surface area contributed by atoms with E-state index in [2.05, 4.69) is 6.07 Å². The van der Waals surface area contributed by atoms with Gasteiger partial charge in [-0.2, -0.15) is 5.26 Å². The maximum absolute atomic E-state index is 9.73. The van der Waals surface area contributed by atoms with Gasteiger partial charge in [-0.3, -0.25) is 0 Å². The van der Waals surface area contributed by atoms with Crippen molar-refractivity contribution in [1.82, 2.24) is 0 Å². The SMILES string of the molecule is N#Cc1cccc(O)c1Cc1ccccc1. The molecule has 0 bridgehead atoms. The molecule has 2 nitrogen and oxygen atoms in total. The molecular formula is C14H11NO. The van der Waals surface area contributed by atoms with Gasteiger partial charge < -0.3 is 5.11 Å². The average molecular weight is 209 g/mol. The summed E-state index contributed by atoms with van der Waals surface area (Å²) in [7, 11) is 0. The van der Waals surface area contributed by atoms with Crippen molar-refractivity contribution in [2.45, 2.75) is 6.42 Å². The highest BCUT2D eigenvalue weighted by Gasteiger charge is 2.07. The molecule has 0 spiro atoms. The van der Waals surface area contributed by atoms with Gasteiger partial charge in [-0.05, 0) is 17.7 Å². The Balaban J connectivity index is 2.39. The fraction of sp³-hybridized carbons (Fsp3) is 0.0714. The summed E-state index contributed by atoms with van der Waals surface area (Å²) < 4.78 is 0. The Bertz CT molecular complexity index is 526. The highest BCUT2D eigenvalue weighted by Crippen LogP contribution is 2.23. The first-order chi connectivity index (χ1) is 7.81. The van der Waals surface area contributed by atoms with E-state index in [1.165, 1.54) is 0 Å². The first-order valence-corrected chi connectivity index (χ1v) is 5.06. The van der Waals surface area contributed by atoms with Crippen molar-refractivity contribution in [3.8, 4) is 11.8 Å². The molecule has 0 saturated heterocycles. The van der Waals surface area contributed by atoms with Crippen LogP contribution in [0.3, 0.4) is 0 Å². The Hall–Kier alpha value is -2.27. The lowest BCUT2D eigenvalue weighted by atomic mass is 9.99. The van der Waals surface area contributed by atoms with Crippen LogP contribution in [0.15, 0.2) is 48.5 Å². The van der Waals surface area contributed by atoms with Crippen LogP contribution in [0.4, 0.5) is 0 Å². The quantitative estimate of drug-likeness (QED) is 0.826. The number of nitrogens with zero attached hydrogens (tertiary/aromatic N) is 1. The van der Waals surface area contributed by atoms with Crippen molar-refractivity contribution in [2.24, 2.45) is 0 Å². The molecule has 2 heteroatoms. The summed E-state index contributed by atoms with van der Waals surface area (Å²) >= 11 is 0. The predicted octanol–water partition coefficient (Wildman–Crippen LogP) is 2.85. The number of phenolic OH excluding ortho intramolecular Hbond substituents is 1. The van der Waals surface area contributed by atoms with Gasteiger partial charge in [0.1, 0.15) is 5.75 Å². The van der Waals surface area contributed by atoms with Crippen molar-refractivity contribution in [1.29, 1.82) is 5.26 Å². The minimum Gasteiger partial charge on any atom is -0.508 e. The van der Waals surface area contributed by atoms with Crippen LogP contribution in [-0.2, 0) is 6.42 Å². The zero-order chi connectivity index (χ0) is 11.4. The third-order valence-electron chi connectivity index (χ3n) is 2.50. The Morgan fingerprint density at radius 1 is 1.00 bits per heavy atom. The molecule has 1 N–H and O–H groups in total. The maximum atomic E-state index is 9.73. The molecule has 0 unspecified atom stereocenters. The van der Waals surface area contributed by atoms with Gasteiger partial charge in [-0.15, -0.1) is 0 Å². The van der Waals surface area contributed by atoms with E-state index in [9.17, 15) is 5.11 Å². The van der Waals surface area contributed by atoms with E-state index in [1.807, 2.05) is 30.3 Å². The van der Waals surface area contributed by atoms with Gasteiger partial charge in [0.15, 0.2) is 0 Å². The molecule has 0 radical (unpaired) electrons. The molecule has 0 atom stereocenters. The molecule has 0 aliphatic carbocycles. The van der Waals surface area contributed by atoms with Crippen LogP contribution in [0, 0.1) is 11.3 Å². The molecule has 2 aromatic carbocycles. The fourth-order valence-electron chi connectivity index (χ4n) is 1.67. The smallest absolute Gasteiger partial charge is 0.120 e. The third kappa shape index (κ3) is 2.04. The summed E-state index contributed by atoms with van der Waals surface area (Å²) in [5, 5.41) is 18.7. The molecule has 16 heavy (non-hydrogen) atoms. The van der Waals surface area contributed by atoms with Gasteiger partial charge in [0.25, 0.3) is 0 Å². The Morgan fingerprint density at radius 2 is 1.75 bits per heavy atom. The summed E-state index contributed by atoms with van der Waals surface area (Å²) in [6, 6.07) is 16.9. The summed E-state index contributed by atoms with van der Waals surface area (Å²) in [6.45, 7) is 0. The zero-order valence-electron chi connectivity index (χ0n) is 8.72. The third-order valence-corrected chi connectivity index (χ3v) is 2.50. The van der Waals surface area contributed by atoms with Gasteiger partial charge in [0.2, 0.25) is 0 Å². The Morgan fingerprint density at radius 3 is 2.44 bits per heavy atom. The van der Waals surface area contributed by atoms with Gasteiger partial charge in [0.05, 0.1) is 11.6 Å². The van der Waals surface area contributed by atoms with Crippen LogP contribution in [0.5, 0.6) is 5.75 Å². The summed E-state index contributed by atoms with van der Waals surface area (Å²) in [5.74, 6) is 0.183. The first kappa shape index (κ1) is 10.3. The van der Waals surface area contributed by atoms with Crippen molar-refractivity contribution in [3.05, 3.63) is 65.2 Å². The number of hydrogen-bond acceptors (Lipinski definition) is 2. The minimum absolute atomic E-state index is 0.183. The Kier molecular flexibility index (Phi) is 2.88. The van der Waals surface area contributed by atoms with E-state index in [4.69, 9.17) is 5.26 Å². The first-order valence-electron chi connectivity index (χ1n) is 5.06. The van der Waals surface area contributed by atoms with E-state index in [0.717, 1.165) is 5.56 Å². The lowest BCUT2D eigenvalue weighted by Gasteiger charge is -2.06. The van der Waals surface area contributed by atoms with E-state index in [0.29, 0.717) is 17.5 Å². The van der Waals surface area contributed by atoms with Gasteiger partial charge >= 0.3 is 0 Å². The largest absolute Gasteiger partial charge is 0.508 e. The van der Waals surface area contributed by atoms with Gasteiger partial charge in [0, 0.05) is 12.0 Å². The van der Waals surface area contributed by atoms with Crippen LogP contribution in [0.25, 0.3) is 0 Å². The number of hydrogen-bond donors (Lipinski definition) is 1. The van der Waals surface area contributed by atoms with Crippen molar-refractivity contribution in [3.63, 3.8) is 0 Å². The zero-order valence-corrected chi connectivity index (χ0v) is 8.72. The molecule has 0 aliphatic rings. The maximum Gasteiger partial charge on any atom is 0.120 e. The van der Waals surface area contributed by atoms with Crippen LogP contribution in [-0.4, -0.2) is 5.11 Å². The highest BCUT2D eigenvalue weighted by molar-refractivity contribution is 5.48. The van der Waals surface area contributed by atoms with Crippen LogP contribution >= 0.6 is 0 Å². The molecule has 0 aromatic heterocycles. The van der Waals surface area contributed by atoms with Crippen LogP contribution in [0.1, 0.15) is 16.7 Å². The highest BCUT2D eigenvalue weighted by atomic mass is 16.3. The second-order valence-electron chi connectivity index (χ2n) is 3.58. The van der Waals surface area contributed by atoms with Crippen LogP contribution < -0.4 is 0 Å². The molecule has 0 saturated carbocycles. The van der Waals surface area contributed by atoms with Gasteiger partial charge in [-0.25, -0.2) is 0 Å². The summed E-state index contributed by atoms with van der Waals surface area (Å²) in [5.41, 5.74) is 2.31. The van der Waals surface area contributed by atoms with E-state index >= 15 is 0 Å². The van der Waals surface area contributed by atoms with E-state index < -0.39 is 0 Å². The number of benzene rings is 2.